The molecule has 0 radical (unpaired) electrons. The molecule has 0 aromatic heterocycles. The van der Waals surface area contributed by atoms with Crippen LogP contribution in [-0.4, -0.2) is 44.6 Å². The van der Waals surface area contributed by atoms with Crippen LogP contribution in [-0.2, 0) is 9.68 Å². The van der Waals surface area contributed by atoms with E-state index in [-0.39, 0.29) is 12.1 Å². The van der Waals surface area contributed by atoms with Gasteiger partial charge < -0.3 is 10.6 Å². The van der Waals surface area contributed by atoms with Crippen molar-refractivity contribution in [2.24, 2.45) is 0 Å². The molecule has 90 valence electrons. The fourth-order valence-electron chi connectivity index (χ4n) is 0.980. The molecule has 0 aliphatic rings. The molecule has 0 atom stereocenters. The largest absolute Gasteiger partial charge is 0.338 e. The van der Waals surface area contributed by atoms with Gasteiger partial charge in [-0.1, -0.05) is 5.23 Å². The zero-order valence-electron chi connectivity index (χ0n) is 9.87. The van der Waals surface area contributed by atoms with Crippen LogP contribution in [0.2, 0.25) is 0 Å². The smallest absolute Gasteiger partial charge is 0.314 e. The Kier molecular flexibility index (Phi) is 7.98. The van der Waals surface area contributed by atoms with E-state index in [1.165, 1.54) is 19.4 Å². The van der Waals surface area contributed by atoms with Gasteiger partial charge in [0.15, 0.2) is 0 Å². The van der Waals surface area contributed by atoms with Crippen LogP contribution in [0, 0.1) is 0 Å². The predicted molar refractivity (Wildman–Crippen MR) is 57.0 cm³/mol. The molecular weight excluding hydrogens is 198 g/mol. The molecule has 6 heteroatoms. The summed E-state index contributed by atoms with van der Waals surface area (Å²) in [4.78, 5) is 20.8. The zero-order chi connectivity index (χ0) is 11.7. The number of carbonyl (C=O) groups is 1. The van der Waals surface area contributed by atoms with E-state index in [2.05, 4.69) is 10.6 Å². The highest BCUT2D eigenvalue weighted by molar-refractivity contribution is 5.73. The maximum atomic E-state index is 11.1. The topological polar surface area (TPSA) is 62.8 Å². The summed E-state index contributed by atoms with van der Waals surface area (Å²) >= 11 is 0. The third kappa shape index (κ3) is 8.17. The molecule has 0 aliphatic carbocycles. The number of rotatable bonds is 7. The SMILES string of the molecule is CON(CCCNC(=O)NC(C)C)OC. The lowest BCUT2D eigenvalue weighted by atomic mass is 10.4. The molecule has 0 aliphatic heterocycles. The Hall–Kier alpha value is -0.850. The molecule has 0 bridgehead atoms. The summed E-state index contributed by atoms with van der Waals surface area (Å²) in [6.07, 6.45) is 0.757. The average molecular weight is 219 g/mol. The van der Waals surface area contributed by atoms with Gasteiger partial charge in [-0.3, -0.25) is 9.68 Å². The van der Waals surface area contributed by atoms with Gasteiger partial charge in [-0.15, -0.1) is 0 Å². The molecule has 0 aromatic carbocycles. The summed E-state index contributed by atoms with van der Waals surface area (Å²) in [6, 6.07) is 0.00540. The maximum absolute atomic E-state index is 11.1. The van der Waals surface area contributed by atoms with E-state index in [9.17, 15) is 4.79 Å². The van der Waals surface area contributed by atoms with Gasteiger partial charge >= 0.3 is 6.03 Å². The van der Waals surface area contributed by atoms with E-state index in [0.29, 0.717) is 13.1 Å². The van der Waals surface area contributed by atoms with E-state index < -0.39 is 0 Å². The normalized spacial score (nSPS) is 10.8. The predicted octanol–water partition coefficient (Wildman–Crippen LogP) is 0.509. The number of urea groups is 1. The number of hydrogen-bond donors (Lipinski definition) is 2. The molecule has 0 heterocycles. The summed E-state index contributed by atoms with van der Waals surface area (Å²) in [7, 11) is 3.06. The minimum atomic E-state index is -0.147. The number of carbonyl (C=O) groups excluding carboxylic acids is 1. The van der Waals surface area contributed by atoms with Crippen molar-refractivity contribution in [3.05, 3.63) is 0 Å². The molecule has 0 fully saturated rings. The minimum Gasteiger partial charge on any atom is -0.338 e. The Bertz CT molecular complexity index is 172. The van der Waals surface area contributed by atoms with Gasteiger partial charge in [-0.05, 0) is 20.3 Å². The third-order valence-corrected chi connectivity index (χ3v) is 1.63. The number of hydroxylamine groups is 2. The molecule has 6 nitrogen and oxygen atoms in total. The second kappa shape index (κ2) is 8.46. The Balaban J connectivity index is 3.41. The molecule has 2 N–H and O–H groups in total. The monoisotopic (exact) mass is 219 g/mol. The third-order valence-electron chi connectivity index (χ3n) is 1.63. The number of hydrogen-bond acceptors (Lipinski definition) is 4. The average Bonchev–Trinajstić information content (AvgIpc) is 2.17. The van der Waals surface area contributed by atoms with Gasteiger partial charge in [0.05, 0.1) is 20.8 Å². The Labute approximate surface area is 90.8 Å². The Morgan fingerprint density at radius 3 is 2.40 bits per heavy atom. The lowest BCUT2D eigenvalue weighted by molar-refractivity contribution is -0.342. The van der Waals surface area contributed by atoms with Crippen molar-refractivity contribution in [3.63, 3.8) is 0 Å². The highest BCUT2D eigenvalue weighted by atomic mass is 16.9. The van der Waals surface area contributed by atoms with Gasteiger partial charge in [0.25, 0.3) is 0 Å². The van der Waals surface area contributed by atoms with Gasteiger partial charge in [-0.2, -0.15) is 0 Å². The molecule has 0 unspecified atom stereocenters. The minimum absolute atomic E-state index is 0.147. The van der Waals surface area contributed by atoms with Crippen LogP contribution in [0.1, 0.15) is 20.3 Å². The zero-order valence-corrected chi connectivity index (χ0v) is 9.87. The summed E-state index contributed by atoms with van der Waals surface area (Å²) in [5, 5.41) is 6.81. The Morgan fingerprint density at radius 2 is 1.93 bits per heavy atom. The Morgan fingerprint density at radius 1 is 1.33 bits per heavy atom. The van der Waals surface area contributed by atoms with Crippen LogP contribution in [0.15, 0.2) is 0 Å². The van der Waals surface area contributed by atoms with Crippen molar-refractivity contribution in [1.82, 2.24) is 15.9 Å². The van der Waals surface area contributed by atoms with Crippen LogP contribution in [0.25, 0.3) is 0 Å². The fraction of sp³-hybridized carbons (Fsp3) is 0.889. The molecular formula is C9H21N3O3. The van der Waals surface area contributed by atoms with Crippen molar-refractivity contribution < 1.29 is 14.5 Å². The molecule has 15 heavy (non-hydrogen) atoms. The molecule has 0 spiro atoms. The number of nitrogens with zero attached hydrogens (tertiary/aromatic N) is 1. The van der Waals surface area contributed by atoms with Gasteiger partial charge in [0.1, 0.15) is 0 Å². The van der Waals surface area contributed by atoms with Crippen LogP contribution in [0.3, 0.4) is 0 Å². The van der Waals surface area contributed by atoms with Gasteiger partial charge in [0.2, 0.25) is 0 Å². The number of amides is 2. The second-order valence-corrected chi connectivity index (χ2v) is 3.33. The lowest BCUT2D eigenvalue weighted by Gasteiger charge is -2.16. The fourth-order valence-corrected chi connectivity index (χ4v) is 0.980. The van der Waals surface area contributed by atoms with E-state index in [1.807, 2.05) is 13.8 Å². The lowest BCUT2D eigenvalue weighted by Crippen LogP contribution is -2.40. The first-order chi connectivity index (χ1) is 7.10. The maximum Gasteiger partial charge on any atom is 0.314 e. The summed E-state index contributed by atoms with van der Waals surface area (Å²) in [5.74, 6) is 0. The van der Waals surface area contributed by atoms with Crippen molar-refractivity contribution in [2.75, 3.05) is 27.3 Å². The standard InChI is InChI=1S/C9H21N3O3/c1-8(2)11-9(13)10-6-5-7-12(14-3)15-4/h8H,5-7H2,1-4H3,(H2,10,11,13). The van der Waals surface area contributed by atoms with Crippen molar-refractivity contribution in [2.45, 2.75) is 26.3 Å². The molecule has 2 amide bonds. The molecule has 0 aromatic rings. The van der Waals surface area contributed by atoms with Crippen LogP contribution < -0.4 is 10.6 Å². The molecule has 0 saturated heterocycles. The van der Waals surface area contributed by atoms with Crippen LogP contribution in [0.5, 0.6) is 0 Å². The summed E-state index contributed by atoms with van der Waals surface area (Å²) < 4.78 is 0. The first kappa shape index (κ1) is 14.2. The summed E-state index contributed by atoms with van der Waals surface area (Å²) in [5.41, 5.74) is 0. The molecule has 0 rings (SSSR count). The second-order valence-electron chi connectivity index (χ2n) is 3.33. The van der Waals surface area contributed by atoms with Crippen molar-refractivity contribution in [1.29, 1.82) is 0 Å². The highest BCUT2D eigenvalue weighted by Gasteiger charge is 2.03. The highest BCUT2D eigenvalue weighted by Crippen LogP contribution is 1.90. The van der Waals surface area contributed by atoms with E-state index in [1.54, 1.807) is 0 Å². The van der Waals surface area contributed by atoms with E-state index in [0.717, 1.165) is 6.42 Å². The first-order valence-electron chi connectivity index (χ1n) is 5.00. The van der Waals surface area contributed by atoms with Gasteiger partial charge in [0, 0.05) is 12.6 Å². The first-order valence-corrected chi connectivity index (χ1v) is 5.00. The van der Waals surface area contributed by atoms with Crippen LogP contribution in [0.4, 0.5) is 4.79 Å². The van der Waals surface area contributed by atoms with Crippen molar-refractivity contribution >= 4 is 6.03 Å². The van der Waals surface area contributed by atoms with Crippen LogP contribution >= 0.6 is 0 Å². The van der Waals surface area contributed by atoms with E-state index in [4.69, 9.17) is 9.68 Å². The quantitative estimate of drug-likeness (QED) is 0.484. The number of nitrogens with one attached hydrogen (secondary N) is 2. The van der Waals surface area contributed by atoms with E-state index >= 15 is 0 Å². The summed E-state index contributed by atoms with van der Waals surface area (Å²) in [6.45, 7) is 5.02. The molecule has 0 saturated carbocycles. The van der Waals surface area contributed by atoms with Gasteiger partial charge in [-0.25, -0.2) is 4.79 Å². The van der Waals surface area contributed by atoms with Crippen molar-refractivity contribution in [3.8, 4) is 0 Å².